The molecule has 1 amide bonds. The van der Waals surface area contributed by atoms with Crippen LogP contribution < -0.4 is 10.6 Å². The Morgan fingerprint density at radius 3 is 2.78 bits per heavy atom. The van der Waals surface area contributed by atoms with Crippen LogP contribution >= 0.6 is 12.4 Å². The lowest BCUT2D eigenvalue weighted by atomic mass is 9.96. The van der Waals surface area contributed by atoms with Gasteiger partial charge >= 0.3 is 0 Å². The highest BCUT2D eigenvalue weighted by atomic mass is 35.5. The first kappa shape index (κ1) is 17.7. The van der Waals surface area contributed by atoms with Crippen LogP contribution in [0.25, 0.3) is 0 Å². The zero-order valence-corrected chi connectivity index (χ0v) is 12.7. The van der Waals surface area contributed by atoms with Crippen molar-refractivity contribution in [2.75, 3.05) is 19.6 Å². The molecule has 0 saturated carbocycles. The molecule has 1 rings (SSSR count). The summed E-state index contributed by atoms with van der Waals surface area (Å²) in [7, 11) is 0. The van der Waals surface area contributed by atoms with E-state index in [1.165, 1.54) is 19.3 Å². The summed E-state index contributed by atoms with van der Waals surface area (Å²) in [5.41, 5.74) is 0. The number of unbranched alkanes of at least 4 members (excludes halogenated alkanes) is 1. The third-order valence-electron chi connectivity index (χ3n) is 3.73. The number of halogens is 1. The molecule has 0 aromatic rings. The summed E-state index contributed by atoms with van der Waals surface area (Å²) in [5.74, 6) is 1.13. The van der Waals surface area contributed by atoms with Gasteiger partial charge in [-0.2, -0.15) is 0 Å². The van der Waals surface area contributed by atoms with Crippen LogP contribution in [0.1, 0.15) is 52.4 Å². The van der Waals surface area contributed by atoms with Gasteiger partial charge in [-0.3, -0.25) is 4.79 Å². The van der Waals surface area contributed by atoms with Crippen LogP contribution in [-0.4, -0.2) is 25.5 Å². The topological polar surface area (TPSA) is 41.1 Å². The molecule has 18 heavy (non-hydrogen) atoms. The number of amides is 1. The van der Waals surface area contributed by atoms with Crippen molar-refractivity contribution >= 4 is 18.3 Å². The fourth-order valence-corrected chi connectivity index (χ4v) is 2.46. The Labute approximate surface area is 118 Å². The van der Waals surface area contributed by atoms with Crippen LogP contribution in [-0.2, 0) is 4.79 Å². The summed E-state index contributed by atoms with van der Waals surface area (Å²) in [6.45, 7) is 7.35. The van der Waals surface area contributed by atoms with Gasteiger partial charge in [0.05, 0.1) is 0 Å². The summed E-state index contributed by atoms with van der Waals surface area (Å²) in [6, 6.07) is 0. The van der Waals surface area contributed by atoms with E-state index in [1.807, 2.05) is 0 Å². The Balaban J connectivity index is 0.00000289. The predicted molar refractivity (Wildman–Crippen MR) is 79.2 cm³/mol. The number of rotatable bonds is 7. The van der Waals surface area contributed by atoms with Crippen molar-refractivity contribution in [3.8, 4) is 0 Å². The summed E-state index contributed by atoms with van der Waals surface area (Å²) in [5, 5.41) is 6.52. The predicted octanol–water partition coefficient (Wildman–Crippen LogP) is 2.74. The fourth-order valence-electron chi connectivity index (χ4n) is 2.46. The highest BCUT2D eigenvalue weighted by molar-refractivity contribution is 5.85. The second-order valence-electron chi connectivity index (χ2n) is 5.20. The van der Waals surface area contributed by atoms with Gasteiger partial charge in [-0.25, -0.2) is 0 Å². The van der Waals surface area contributed by atoms with Crippen LogP contribution in [0.15, 0.2) is 0 Å². The molecule has 3 nitrogen and oxygen atoms in total. The molecule has 1 aliphatic heterocycles. The number of carbonyl (C=O) groups is 1. The molecule has 0 aliphatic carbocycles. The number of piperidine rings is 1. The molecule has 0 aromatic heterocycles. The normalized spacial score (nSPS) is 20.9. The third-order valence-corrected chi connectivity index (χ3v) is 3.73. The maximum Gasteiger partial charge on any atom is 0.223 e. The molecule has 0 aromatic carbocycles. The maximum atomic E-state index is 12.0. The van der Waals surface area contributed by atoms with Crippen molar-refractivity contribution in [3.05, 3.63) is 0 Å². The van der Waals surface area contributed by atoms with Crippen LogP contribution in [0.4, 0.5) is 0 Å². The summed E-state index contributed by atoms with van der Waals surface area (Å²) in [6.07, 6.45) is 6.84. The third kappa shape index (κ3) is 6.60. The van der Waals surface area contributed by atoms with Crippen LogP contribution in [0.2, 0.25) is 0 Å². The van der Waals surface area contributed by atoms with Crippen molar-refractivity contribution < 1.29 is 4.79 Å². The molecular formula is C14H29ClN2O. The Bertz CT molecular complexity index is 218. The Hall–Kier alpha value is -0.280. The smallest absolute Gasteiger partial charge is 0.223 e. The van der Waals surface area contributed by atoms with Gasteiger partial charge in [-0.05, 0) is 44.7 Å². The van der Waals surface area contributed by atoms with Gasteiger partial charge in [-0.1, -0.05) is 26.7 Å². The lowest BCUT2D eigenvalue weighted by Crippen LogP contribution is -2.40. The molecule has 1 fully saturated rings. The molecule has 0 radical (unpaired) electrons. The van der Waals surface area contributed by atoms with Gasteiger partial charge in [0.2, 0.25) is 5.91 Å². The second kappa shape index (κ2) is 10.6. The lowest BCUT2D eigenvalue weighted by Gasteiger charge is -2.24. The van der Waals surface area contributed by atoms with Gasteiger partial charge in [0.25, 0.3) is 0 Å². The van der Waals surface area contributed by atoms with E-state index in [2.05, 4.69) is 24.5 Å². The molecule has 1 aliphatic rings. The van der Waals surface area contributed by atoms with E-state index in [-0.39, 0.29) is 24.2 Å². The van der Waals surface area contributed by atoms with Crippen molar-refractivity contribution in [2.24, 2.45) is 11.8 Å². The quantitative estimate of drug-likeness (QED) is 0.751. The number of hydrogen-bond donors (Lipinski definition) is 2. The minimum Gasteiger partial charge on any atom is -0.356 e. The van der Waals surface area contributed by atoms with E-state index >= 15 is 0 Å². The van der Waals surface area contributed by atoms with Gasteiger partial charge in [-0.15, -0.1) is 12.4 Å². The van der Waals surface area contributed by atoms with Crippen molar-refractivity contribution in [1.82, 2.24) is 10.6 Å². The SMILES string of the molecule is CCCCC(CC)C(=O)NCC1CCCNC1.Cl. The largest absolute Gasteiger partial charge is 0.356 e. The Morgan fingerprint density at radius 1 is 1.44 bits per heavy atom. The van der Waals surface area contributed by atoms with Crippen molar-refractivity contribution in [2.45, 2.75) is 52.4 Å². The molecule has 1 heterocycles. The van der Waals surface area contributed by atoms with Crippen LogP contribution in [0.5, 0.6) is 0 Å². The molecule has 2 N–H and O–H groups in total. The molecule has 1 saturated heterocycles. The minimum absolute atomic E-state index is 0. The van der Waals surface area contributed by atoms with E-state index in [4.69, 9.17) is 0 Å². The zero-order chi connectivity index (χ0) is 12.5. The number of hydrogen-bond acceptors (Lipinski definition) is 2. The second-order valence-corrected chi connectivity index (χ2v) is 5.20. The molecule has 2 atom stereocenters. The minimum atomic E-state index is 0. The van der Waals surface area contributed by atoms with Gasteiger partial charge in [0, 0.05) is 12.5 Å². The first-order chi connectivity index (χ1) is 8.27. The Kier molecular flexibility index (Phi) is 10.5. The van der Waals surface area contributed by atoms with Crippen LogP contribution in [0, 0.1) is 11.8 Å². The van der Waals surface area contributed by atoms with Crippen molar-refractivity contribution in [3.63, 3.8) is 0 Å². The van der Waals surface area contributed by atoms with E-state index in [9.17, 15) is 4.79 Å². The van der Waals surface area contributed by atoms with Crippen LogP contribution in [0.3, 0.4) is 0 Å². The van der Waals surface area contributed by atoms with E-state index < -0.39 is 0 Å². The average molecular weight is 277 g/mol. The summed E-state index contributed by atoms with van der Waals surface area (Å²) >= 11 is 0. The standard InChI is InChI=1S/C14H28N2O.ClH/c1-3-5-8-13(4-2)14(17)16-11-12-7-6-9-15-10-12;/h12-13,15H,3-11H2,1-2H3,(H,16,17);1H. The first-order valence-electron chi connectivity index (χ1n) is 7.26. The zero-order valence-electron chi connectivity index (χ0n) is 11.8. The molecule has 0 bridgehead atoms. The maximum absolute atomic E-state index is 12.0. The van der Waals surface area contributed by atoms with Gasteiger partial charge < -0.3 is 10.6 Å². The molecule has 4 heteroatoms. The number of nitrogens with one attached hydrogen (secondary N) is 2. The van der Waals surface area contributed by atoms with Crippen molar-refractivity contribution in [1.29, 1.82) is 0 Å². The van der Waals surface area contributed by atoms with Gasteiger partial charge in [0.15, 0.2) is 0 Å². The fraction of sp³-hybridized carbons (Fsp3) is 0.929. The van der Waals surface area contributed by atoms with E-state index in [0.717, 1.165) is 38.9 Å². The van der Waals surface area contributed by atoms with E-state index in [0.29, 0.717) is 5.92 Å². The molecule has 108 valence electrons. The van der Waals surface area contributed by atoms with Gasteiger partial charge in [0.1, 0.15) is 0 Å². The average Bonchev–Trinajstić information content (AvgIpc) is 2.38. The molecule has 2 unspecified atom stereocenters. The summed E-state index contributed by atoms with van der Waals surface area (Å²) in [4.78, 5) is 12.0. The monoisotopic (exact) mass is 276 g/mol. The highest BCUT2D eigenvalue weighted by Gasteiger charge is 2.18. The Morgan fingerprint density at radius 2 is 2.22 bits per heavy atom. The first-order valence-corrected chi connectivity index (χ1v) is 7.26. The lowest BCUT2D eigenvalue weighted by molar-refractivity contribution is -0.125. The highest BCUT2D eigenvalue weighted by Crippen LogP contribution is 2.13. The molecule has 0 spiro atoms. The summed E-state index contributed by atoms with van der Waals surface area (Å²) < 4.78 is 0. The molecular weight excluding hydrogens is 248 g/mol. The number of carbonyl (C=O) groups excluding carboxylic acids is 1. The van der Waals surface area contributed by atoms with E-state index in [1.54, 1.807) is 0 Å².